The first-order valence-corrected chi connectivity index (χ1v) is 5.01. The summed E-state index contributed by atoms with van der Waals surface area (Å²) in [6, 6.07) is 0. The van der Waals surface area contributed by atoms with Crippen molar-refractivity contribution in [3.8, 4) is 0 Å². The van der Waals surface area contributed by atoms with Crippen LogP contribution in [-0.2, 0) is 0 Å². The summed E-state index contributed by atoms with van der Waals surface area (Å²) in [6.07, 6.45) is 3.41. The first-order valence-electron chi connectivity index (χ1n) is 4.47. The molecule has 0 amide bonds. The van der Waals surface area contributed by atoms with Crippen LogP contribution in [0.2, 0.25) is 0 Å². The van der Waals surface area contributed by atoms with Gasteiger partial charge in [0.1, 0.15) is 0 Å². The Balaban J connectivity index is 2.31. The molecule has 0 aromatic rings. The zero-order chi connectivity index (χ0) is 8.97. The van der Waals surface area contributed by atoms with Crippen LogP contribution in [0.1, 0.15) is 20.3 Å². The van der Waals surface area contributed by atoms with Crippen LogP contribution < -0.4 is 0 Å². The quantitative estimate of drug-likeness (QED) is 0.484. The lowest BCUT2D eigenvalue weighted by Crippen LogP contribution is -2.31. The van der Waals surface area contributed by atoms with Crippen molar-refractivity contribution in [3.05, 3.63) is 17.6 Å². The SMILES string of the molecule is C[C](C)CN1CC=C(CCl)CC1. The fraction of sp³-hybridized carbons (Fsp3) is 0.700. The van der Waals surface area contributed by atoms with Gasteiger partial charge in [0.2, 0.25) is 0 Å². The fourth-order valence-corrected chi connectivity index (χ4v) is 1.71. The summed E-state index contributed by atoms with van der Waals surface area (Å²) in [5.41, 5.74) is 1.40. The highest BCUT2D eigenvalue weighted by Crippen LogP contribution is 2.13. The first-order chi connectivity index (χ1) is 5.72. The summed E-state index contributed by atoms with van der Waals surface area (Å²) in [5.74, 6) is 2.19. The van der Waals surface area contributed by atoms with Crippen molar-refractivity contribution in [1.82, 2.24) is 4.90 Å². The van der Waals surface area contributed by atoms with Crippen LogP contribution >= 0.6 is 11.6 Å². The van der Waals surface area contributed by atoms with Gasteiger partial charge in [0.25, 0.3) is 0 Å². The molecule has 0 bridgehead atoms. The molecule has 0 aromatic carbocycles. The van der Waals surface area contributed by atoms with Crippen LogP contribution in [0.15, 0.2) is 11.6 Å². The van der Waals surface area contributed by atoms with E-state index in [0.717, 1.165) is 19.5 Å². The zero-order valence-corrected chi connectivity index (χ0v) is 8.69. The Hall–Kier alpha value is -0.0100. The van der Waals surface area contributed by atoms with Gasteiger partial charge in [-0.15, -0.1) is 11.6 Å². The largest absolute Gasteiger partial charge is 0.299 e. The van der Waals surface area contributed by atoms with E-state index in [9.17, 15) is 0 Å². The number of alkyl halides is 1. The van der Waals surface area contributed by atoms with E-state index in [0.29, 0.717) is 5.88 Å². The summed E-state index contributed by atoms with van der Waals surface area (Å²) in [4.78, 5) is 2.45. The molecule has 2 heteroatoms. The Bertz CT molecular complexity index is 163. The fourth-order valence-electron chi connectivity index (χ4n) is 1.47. The van der Waals surface area contributed by atoms with E-state index in [2.05, 4.69) is 24.8 Å². The molecule has 1 rings (SSSR count). The molecule has 0 fully saturated rings. The summed E-state index contributed by atoms with van der Waals surface area (Å²) >= 11 is 5.74. The molecule has 0 saturated heterocycles. The van der Waals surface area contributed by atoms with Gasteiger partial charge in [-0.3, -0.25) is 4.90 Å². The van der Waals surface area contributed by atoms with Gasteiger partial charge in [-0.25, -0.2) is 0 Å². The van der Waals surface area contributed by atoms with Crippen LogP contribution in [0.25, 0.3) is 0 Å². The highest BCUT2D eigenvalue weighted by Gasteiger charge is 2.11. The van der Waals surface area contributed by atoms with Gasteiger partial charge in [-0.1, -0.05) is 25.5 Å². The molecule has 1 nitrogen and oxygen atoms in total. The standard InChI is InChI=1S/C10H17ClN/c1-9(2)8-12-5-3-10(7-11)4-6-12/h3H,4-8H2,1-2H3. The molecular weight excluding hydrogens is 170 g/mol. The van der Waals surface area contributed by atoms with Crippen LogP contribution in [0.5, 0.6) is 0 Å². The molecule has 0 aliphatic carbocycles. The maximum absolute atomic E-state index is 5.74. The van der Waals surface area contributed by atoms with Crippen molar-refractivity contribution in [1.29, 1.82) is 0 Å². The van der Waals surface area contributed by atoms with Crippen LogP contribution in [0, 0.1) is 5.92 Å². The van der Waals surface area contributed by atoms with E-state index in [1.807, 2.05) is 0 Å². The molecule has 1 radical (unpaired) electrons. The van der Waals surface area contributed by atoms with Crippen molar-refractivity contribution in [2.75, 3.05) is 25.5 Å². The van der Waals surface area contributed by atoms with Crippen LogP contribution in [0.4, 0.5) is 0 Å². The molecule has 1 heterocycles. The van der Waals surface area contributed by atoms with E-state index in [4.69, 9.17) is 11.6 Å². The normalized spacial score (nSPS) is 19.8. The monoisotopic (exact) mass is 186 g/mol. The van der Waals surface area contributed by atoms with E-state index in [1.54, 1.807) is 0 Å². The summed E-state index contributed by atoms with van der Waals surface area (Å²) in [7, 11) is 0. The van der Waals surface area contributed by atoms with E-state index >= 15 is 0 Å². The molecule has 12 heavy (non-hydrogen) atoms. The smallest absolute Gasteiger partial charge is 0.0434 e. The Morgan fingerprint density at radius 3 is 2.75 bits per heavy atom. The van der Waals surface area contributed by atoms with E-state index in [-0.39, 0.29) is 0 Å². The topological polar surface area (TPSA) is 3.24 Å². The van der Waals surface area contributed by atoms with Crippen molar-refractivity contribution < 1.29 is 0 Å². The van der Waals surface area contributed by atoms with Gasteiger partial charge in [-0.05, 0) is 12.3 Å². The summed E-state index contributed by atoms with van der Waals surface area (Å²) < 4.78 is 0. The molecular formula is C10H17ClN. The number of hydrogen-bond acceptors (Lipinski definition) is 1. The summed E-state index contributed by atoms with van der Waals surface area (Å²) in [6.45, 7) is 7.74. The van der Waals surface area contributed by atoms with Gasteiger partial charge >= 0.3 is 0 Å². The summed E-state index contributed by atoms with van der Waals surface area (Å²) in [5, 5.41) is 0. The highest BCUT2D eigenvalue weighted by molar-refractivity contribution is 6.19. The molecule has 0 saturated carbocycles. The van der Waals surface area contributed by atoms with Crippen molar-refractivity contribution in [2.45, 2.75) is 20.3 Å². The molecule has 0 spiro atoms. The van der Waals surface area contributed by atoms with Crippen LogP contribution in [-0.4, -0.2) is 30.4 Å². The zero-order valence-electron chi connectivity index (χ0n) is 7.94. The predicted octanol–water partition coefficient (Wildman–Crippen LogP) is 2.47. The molecule has 1 aliphatic heterocycles. The number of nitrogens with zero attached hydrogens (tertiary/aromatic N) is 1. The number of halogens is 1. The van der Waals surface area contributed by atoms with Gasteiger partial charge in [-0.2, -0.15) is 0 Å². The second-order valence-corrected chi connectivity index (χ2v) is 3.96. The third-order valence-corrected chi connectivity index (χ3v) is 2.44. The lowest BCUT2D eigenvalue weighted by atomic mass is 10.1. The lowest BCUT2D eigenvalue weighted by molar-refractivity contribution is 0.305. The first kappa shape index (κ1) is 10.1. The second kappa shape index (κ2) is 4.88. The van der Waals surface area contributed by atoms with Gasteiger partial charge in [0.05, 0.1) is 0 Å². The third-order valence-electron chi connectivity index (χ3n) is 2.10. The minimum Gasteiger partial charge on any atom is -0.299 e. The van der Waals surface area contributed by atoms with E-state index < -0.39 is 0 Å². The average Bonchev–Trinajstić information content (AvgIpc) is 2.05. The second-order valence-electron chi connectivity index (χ2n) is 3.69. The lowest BCUT2D eigenvalue weighted by Gasteiger charge is -2.26. The Kier molecular flexibility index (Phi) is 4.10. The highest BCUT2D eigenvalue weighted by atomic mass is 35.5. The predicted molar refractivity (Wildman–Crippen MR) is 54.5 cm³/mol. The molecule has 0 unspecified atom stereocenters. The third kappa shape index (κ3) is 3.16. The van der Waals surface area contributed by atoms with Gasteiger partial charge in [0, 0.05) is 25.5 Å². The Labute approximate surface area is 80.4 Å². The van der Waals surface area contributed by atoms with Crippen molar-refractivity contribution in [2.24, 2.45) is 0 Å². The Morgan fingerprint density at radius 1 is 1.58 bits per heavy atom. The average molecular weight is 187 g/mol. The molecule has 0 atom stereocenters. The molecule has 0 aromatic heterocycles. The minimum atomic E-state index is 0.711. The Morgan fingerprint density at radius 2 is 2.33 bits per heavy atom. The maximum atomic E-state index is 5.74. The molecule has 69 valence electrons. The minimum absolute atomic E-state index is 0.711. The number of hydrogen-bond donors (Lipinski definition) is 0. The molecule has 0 N–H and O–H groups in total. The van der Waals surface area contributed by atoms with Crippen LogP contribution in [0.3, 0.4) is 0 Å². The van der Waals surface area contributed by atoms with Gasteiger partial charge in [0.15, 0.2) is 0 Å². The maximum Gasteiger partial charge on any atom is 0.0434 e. The molecule has 1 aliphatic rings. The van der Waals surface area contributed by atoms with E-state index in [1.165, 1.54) is 18.0 Å². The van der Waals surface area contributed by atoms with Gasteiger partial charge < -0.3 is 0 Å². The number of rotatable bonds is 3. The van der Waals surface area contributed by atoms with Crippen molar-refractivity contribution >= 4 is 11.6 Å². The van der Waals surface area contributed by atoms with Crippen molar-refractivity contribution in [3.63, 3.8) is 0 Å².